The van der Waals surface area contributed by atoms with Crippen molar-refractivity contribution in [2.24, 2.45) is 0 Å². The van der Waals surface area contributed by atoms with Gasteiger partial charge in [0.2, 0.25) is 0 Å². The number of ketones is 1. The average molecular weight is 300 g/mol. The summed E-state index contributed by atoms with van der Waals surface area (Å²) in [7, 11) is 0. The van der Waals surface area contributed by atoms with E-state index in [1.165, 1.54) is 6.08 Å². The highest BCUT2D eigenvalue weighted by Gasteiger charge is 2.30. The summed E-state index contributed by atoms with van der Waals surface area (Å²) >= 11 is 0. The molecule has 0 saturated carbocycles. The lowest BCUT2D eigenvalue weighted by Gasteiger charge is -2.17. The van der Waals surface area contributed by atoms with Crippen LogP contribution in [0.4, 0.5) is 5.69 Å². The minimum absolute atomic E-state index is 0.0258. The molecule has 2 aliphatic rings. The van der Waals surface area contributed by atoms with Crippen LogP contribution >= 0.6 is 0 Å². The fourth-order valence-electron chi connectivity index (χ4n) is 2.77. The second-order valence-electron chi connectivity index (χ2n) is 5.35. The number of fused-ring (bicyclic) bond motifs is 1. The molecule has 22 heavy (non-hydrogen) atoms. The Labute approximate surface area is 127 Å². The zero-order valence-electron chi connectivity index (χ0n) is 12.0. The topological polar surface area (TPSA) is 86.7 Å². The van der Waals surface area contributed by atoms with Crippen LogP contribution in [-0.2, 0) is 16.0 Å². The third-order valence-corrected chi connectivity index (χ3v) is 3.87. The Kier molecular flexibility index (Phi) is 3.77. The van der Waals surface area contributed by atoms with E-state index in [4.69, 9.17) is 5.11 Å². The van der Waals surface area contributed by atoms with Crippen LogP contribution in [0.5, 0.6) is 0 Å². The normalized spacial score (nSPS) is 17.6. The summed E-state index contributed by atoms with van der Waals surface area (Å²) in [6, 6.07) is 5.40. The SMILES string of the molecule is O=C1CCCc2ccc(NC3=CC(=O)N(CCO)C3=O)cc21. The van der Waals surface area contributed by atoms with E-state index < -0.39 is 11.8 Å². The van der Waals surface area contributed by atoms with Crippen molar-refractivity contribution in [3.8, 4) is 0 Å². The summed E-state index contributed by atoms with van der Waals surface area (Å²) in [5.74, 6) is -0.812. The van der Waals surface area contributed by atoms with E-state index in [9.17, 15) is 14.4 Å². The number of hydrogen-bond donors (Lipinski definition) is 2. The molecule has 114 valence electrons. The van der Waals surface area contributed by atoms with Crippen molar-refractivity contribution in [1.29, 1.82) is 0 Å². The molecular weight excluding hydrogens is 284 g/mol. The van der Waals surface area contributed by atoms with E-state index in [0.717, 1.165) is 23.3 Å². The third-order valence-electron chi connectivity index (χ3n) is 3.87. The number of aliphatic hydroxyl groups is 1. The number of Topliss-reactive ketones (excluding diaryl/α,β-unsaturated/α-hetero) is 1. The molecule has 0 spiro atoms. The molecule has 0 atom stereocenters. The van der Waals surface area contributed by atoms with Crippen LogP contribution in [0.15, 0.2) is 30.0 Å². The predicted octanol–water partition coefficient (Wildman–Crippen LogP) is 0.862. The van der Waals surface area contributed by atoms with Crippen molar-refractivity contribution in [1.82, 2.24) is 4.90 Å². The summed E-state index contributed by atoms with van der Waals surface area (Å²) in [6.07, 6.45) is 3.50. The number of β-amino-alcohol motifs (C(OH)–C–C–N with tert-alkyl or cyclic N) is 1. The number of rotatable bonds is 4. The summed E-state index contributed by atoms with van der Waals surface area (Å²) in [4.78, 5) is 36.7. The molecule has 1 aliphatic heterocycles. The molecule has 0 unspecified atom stereocenters. The number of imide groups is 1. The van der Waals surface area contributed by atoms with Crippen LogP contribution in [0, 0.1) is 0 Å². The quantitative estimate of drug-likeness (QED) is 0.806. The Bertz CT molecular complexity index is 693. The lowest BCUT2D eigenvalue weighted by Crippen LogP contribution is -2.34. The molecule has 6 heteroatoms. The van der Waals surface area contributed by atoms with Gasteiger partial charge >= 0.3 is 0 Å². The van der Waals surface area contributed by atoms with Gasteiger partial charge in [-0.05, 0) is 30.5 Å². The zero-order valence-corrected chi connectivity index (χ0v) is 12.0. The number of anilines is 1. The zero-order chi connectivity index (χ0) is 15.7. The second kappa shape index (κ2) is 5.73. The maximum absolute atomic E-state index is 12.1. The minimum atomic E-state index is -0.469. The molecule has 3 rings (SSSR count). The monoisotopic (exact) mass is 300 g/mol. The van der Waals surface area contributed by atoms with Crippen LogP contribution in [-0.4, -0.2) is 40.8 Å². The number of hydrogen-bond acceptors (Lipinski definition) is 5. The Morgan fingerprint density at radius 3 is 2.77 bits per heavy atom. The first-order valence-electron chi connectivity index (χ1n) is 7.21. The second-order valence-corrected chi connectivity index (χ2v) is 5.35. The van der Waals surface area contributed by atoms with Crippen LogP contribution in [0.25, 0.3) is 0 Å². The maximum Gasteiger partial charge on any atom is 0.277 e. The van der Waals surface area contributed by atoms with E-state index in [-0.39, 0.29) is 24.6 Å². The average Bonchev–Trinajstić information content (AvgIpc) is 2.76. The molecule has 6 nitrogen and oxygen atoms in total. The summed E-state index contributed by atoms with van der Waals surface area (Å²) < 4.78 is 0. The van der Waals surface area contributed by atoms with Crippen molar-refractivity contribution >= 4 is 23.3 Å². The van der Waals surface area contributed by atoms with E-state index in [1.807, 2.05) is 6.07 Å². The molecular formula is C16H16N2O4. The standard InChI is InChI=1S/C16H16N2O4/c19-7-6-18-15(21)9-13(16(18)22)17-11-5-4-10-2-1-3-14(20)12(10)8-11/h4-5,8-9,17,19H,1-3,6-7H2. The number of carbonyl (C=O) groups is 3. The Morgan fingerprint density at radius 1 is 1.18 bits per heavy atom. The number of carbonyl (C=O) groups excluding carboxylic acids is 3. The first-order chi connectivity index (χ1) is 10.6. The first kappa shape index (κ1) is 14.5. The first-order valence-corrected chi connectivity index (χ1v) is 7.21. The number of nitrogens with one attached hydrogen (secondary N) is 1. The van der Waals surface area contributed by atoms with Gasteiger partial charge in [0.15, 0.2) is 5.78 Å². The van der Waals surface area contributed by atoms with Gasteiger partial charge in [-0.1, -0.05) is 6.07 Å². The molecule has 0 aromatic heterocycles. The molecule has 0 saturated heterocycles. The molecule has 0 radical (unpaired) electrons. The molecule has 1 heterocycles. The Morgan fingerprint density at radius 2 is 2.00 bits per heavy atom. The minimum Gasteiger partial charge on any atom is -0.395 e. The molecule has 1 aromatic rings. The van der Waals surface area contributed by atoms with Crippen LogP contribution in [0.2, 0.25) is 0 Å². The molecule has 2 N–H and O–H groups in total. The fraction of sp³-hybridized carbons (Fsp3) is 0.312. The molecule has 2 amide bonds. The van der Waals surface area contributed by atoms with Crippen LogP contribution in [0.1, 0.15) is 28.8 Å². The highest BCUT2D eigenvalue weighted by Crippen LogP contribution is 2.25. The highest BCUT2D eigenvalue weighted by atomic mass is 16.3. The number of nitrogens with zero attached hydrogens (tertiary/aromatic N) is 1. The maximum atomic E-state index is 12.1. The van der Waals surface area contributed by atoms with E-state index in [2.05, 4.69) is 5.32 Å². The molecule has 1 aromatic carbocycles. The van der Waals surface area contributed by atoms with E-state index in [1.54, 1.807) is 12.1 Å². The Hall–Kier alpha value is -2.47. The van der Waals surface area contributed by atoms with Gasteiger partial charge in [-0.15, -0.1) is 0 Å². The van der Waals surface area contributed by atoms with Gasteiger partial charge in [0.25, 0.3) is 11.8 Å². The molecule has 0 fully saturated rings. The van der Waals surface area contributed by atoms with Crippen molar-refractivity contribution < 1.29 is 19.5 Å². The number of amides is 2. The largest absolute Gasteiger partial charge is 0.395 e. The molecule has 0 bridgehead atoms. The highest BCUT2D eigenvalue weighted by molar-refractivity contribution is 6.17. The lowest BCUT2D eigenvalue weighted by molar-refractivity contribution is -0.137. The van der Waals surface area contributed by atoms with Crippen LogP contribution < -0.4 is 5.32 Å². The fourth-order valence-corrected chi connectivity index (χ4v) is 2.77. The summed E-state index contributed by atoms with van der Waals surface area (Å²) in [5.41, 5.74) is 2.46. The smallest absolute Gasteiger partial charge is 0.277 e. The summed E-state index contributed by atoms with van der Waals surface area (Å²) in [6.45, 7) is -0.298. The van der Waals surface area contributed by atoms with Gasteiger partial charge in [-0.2, -0.15) is 0 Å². The van der Waals surface area contributed by atoms with Crippen LogP contribution in [0.3, 0.4) is 0 Å². The van der Waals surface area contributed by atoms with Gasteiger partial charge in [0.1, 0.15) is 5.70 Å². The van der Waals surface area contributed by atoms with Gasteiger partial charge in [0.05, 0.1) is 13.2 Å². The van der Waals surface area contributed by atoms with Crippen molar-refractivity contribution in [3.05, 3.63) is 41.1 Å². The van der Waals surface area contributed by atoms with Gasteiger partial charge in [-0.25, -0.2) is 0 Å². The van der Waals surface area contributed by atoms with Crippen molar-refractivity contribution in [2.45, 2.75) is 19.3 Å². The van der Waals surface area contributed by atoms with Gasteiger partial charge in [-0.3, -0.25) is 19.3 Å². The van der Waals surface area contributed by atoms with Gasteiger partial charge in [0, 0.05) is 23.7 Å². The third kappa shape index (κ3) is 2.53. The van der Waals surface area contributed by atoms with E-state index in [0.29, 0.717) is 17.7 Å². The number of aryl methyl sites for hydroxylation is 1. The predicted molar refractivity (Wildman–Crippen MR) is 79.2 cm³/mol. The van der Waals surface area contributed by atoms with Gasteiger partial charge < -0.3 is 10.4 Å². The van der Waals surface area contributed by atoms with E-state index >= 15 is 0 Å². The number of benzene rings is 1. The molecule has 1 aliphatic carbocycles. The number of aliphatic hydroxyl groups excluding tert-OH is 1. The summed E-state index contributed by atoms with van der Waals surface area (Å²) in [5, 5.41) is 11.8. The van der Waals surface area contributed by atoms with Crippen molar-refractivity contribution in [2.75, 3.05) is 18.5 Å². The Balaban J connectivity index is 1.81. The lowest BCUT2D eigenvalue weighted by atomic mass is 9.90. The van der Waals surface area contributed by atoms with Crippen molar-refractivity contribution in [3.63, 3.8) is 0 Å².